The molecule has 2 aromatic rings. The maximum absolute atomic E-state index is 10.3. The number of benzene rings is 2. The van der Waals surface area contributed by atoms with E-state index in [0.29, 0.717) is 11.5 Å². The maximum atomic E-state index is 10.3. The minimum atomic E-state index is -0.00859. The van der Waals surface area contributed by atoms with Crippen LogP contribution < -0.4 is 0 Å². The monoisotopic (exact) mass is 356 g/mol. The fourth-order valence-electron chi connectivity index (χ4n) is 2.84. The van der Waals surface area contributed by atoms with Crippen molar-refractivity contribution in [3.8, 4) is 11.5 Å². The highest BCUT2D eigenvalue weighted by Gasteiger charge is 2.24. The predicted octanol–water partition coefficient (Wildman–Crippen LogP) is 6.72. The van der Waals surface area contributed by atoms with Crippen molar-refractivity contribution in [2.75, 3.05) is 0 Å². The molecule has 0 radical (unpaired) electrons. The lowest BCUT2D eigenvalue weighted by Crippen LogP contribution is -2.16. The van der Waals surface area contributed by atoms with Gasteiger partial charge < -0.3 is 10.2 Å². The Kier molecular flexibility index (Phi) is 7.74. The van der Waals surface area contributed by atoms with Gasteiger partial charge in [-0.15, -0.1) is 0 Å². The van der Waals surface area contributed by atoms with E-state index in [1.165, 1.54) is 6.42 Å². The van der Waals surface area contributed by atoms with Gasteiger partial charge in [-0.2, -0.15) is 0 Å². The van der Waals surface area contributed by atoms with Crippen LogP contribution in [0.4, 0.5) is 0 Å². The van der Waals surface area contributed by atoms with Crippen LogP contribution in [-0.2, 0) is 17.3 Å². The SMILES string of the molecule is CC(C)(C)c1cccc(C(C)(C)C)c1O.CCCCc1ccccc1O. The van der Waals surface area contributed by atoms with Crippen LogP contribution in [-0.4, -0.2) is 10.2 Å². The molecule has 26 heavy (non-hydrogen) atoms. The summed E-state index contributed by atoms with van der Waals surface area (Å²) in [6.45, 7) is 14.9. The fourth-order valence-corrected chi connectivity index (χ4v) is 2.84. The van der Waals surface area contributed by atoms with E-state index in [0.717, 1.165) is 29.5 Å². The van der Waals surface area contributed by atoms with Crippen LogP contribution in [0, 0.1) is 0 Å². The summed E-state index contributed by atoms with van der Waals surface area (Å²) in [5.41, 5.74) is 3.09. The van der Waals surface area contributed by atoms with E-state index in [2.05, 4.69) is 48.5 Å². The number of hydrogen-bond acceptors (Lipinski definition) is 2. The van der Waals surface area contributed by atoms with Gasteiger partial charge in [-0.3, -0.25) is 0 Å². The van der Waals surface area contributed by atoms with Crippen molar-refractivity contribution in [3.63, 3.8) is 0 Å². The van der Waals surface area contributed by atoms with Gasteiger partial charge in [-0.25, -0.2) is 0 Å². The zero-order chi connectivity index (χ0) is 20.0. The molecule has 144 valence electrons. The van der Waals surface area contributed by atoms with Gasteiger partial charge in [-0.1, -0.05) is 91.3 Å². The van der Waals surface area contributed by atoms with E-state index in [4.69, 9.17) is 0 Å². The summed E-state index contributed by atoms with van der Waals surface area (Å²) >= 11 is 0. The Morgan fingerprint density at radius 3 is 1.65 bits per heavy atom. The quantitative estimate of drug-likeness (QED) is 0.640. The summed E-state index contributed by atoms with van der Waals surface area (Å²) in [5.74, 6) is 0.887. The topological polar surface area (TPSA) is 40.5 Å². The lowest BCUT2D eigenvalue weighted by molar-refractivity contribution is 0.423. The molecule has 2 heteroatoms. The summed E-state index contributed by atoms with van der Waals surface area (Å²) < 4.78 is 0. The molecule has 2 N–H and O–H groups in total. The summed E-state index contributed by atoms with van der Waals surface area (Å²) in [7, 11) is 0. The molecule has 0 heterocycles. The van der Waals surface area contributed by atoms with Crippen LogP contribution in [0.2, 0.25) is 0 Å². The Labute approximate surface area is 159 Å². The average molecular weight is 357 g/mol. The van der Waals surface area contributed by atoms with E-state index in [1.54, 1.807) is 6.07 Å². The molecule has 0 amide bonds. The summed E-state index contributed by atoms with van der Waals surface area (Å²) in [6, 6.07) is 13.6. The van der Waals surface area contributed by atoms with E-state index in [1.807, 2.05) is 36.4 Å². The highest BCUT2D eigenvalue weighted by Crippen LogP contribution is 2.38. The molecule has 0 aliphatic heterocycles. The minimum Gasteiger partial charge on any atom is -0.508 e. The van der Waals surface area contributed by atoms with E-state index in [-0.39, 0.29) is 10.8 Å². The van der Waals surface area contributed by atoms with E-state index < -0.39 is 0 Å². The fraction of sp³-hybridized carbons (Fsp3) is 0.500. The Bertz CT molecular complexity index is 656. The molecule has 0 bridgehead atoms. The molecule has 0 aliphatic rings. The zero-order valence-electron chi connectivity index (χ0n) is 17.6. The van der Waals surface area contributed by atoms with Crippen LogP contribution in [0.5, 0.6) is 11.5 Å². The molecular weight excluding hydrogens is 320 g/mol. The number of para-hydroxylation sites is 2. The number of unbranched alkanes of at least 4 members (excludes halogenated alkanes) is 1. The second-order valence-electron chi connectivity index (χ2n) is 8.93. The molecule has 0 aromatic heterocycles. The van der Waals surface area contributed by atoms with Gasteiger partial charge >= 0.3 is 0 Å². The first-order valence-corrected chi connectivity index (χ1v) is 9.58. The van der Waals surface area contributed by atoms with Gasteiger partial charge in [0.25, 0.3) is 0 Å². The van der Waals surface area contributed by atoms with E-state index >= 15 is 0 Å². The zero-order valence-corrected chi connectivity index (χ0v) is 17.6. The van der Waals surface area contributed by atoms with E-state index in [9.17, 15) is 10.2 Å². The first-order chi connectivity index (χ1) is 12.0. The van der Waals surface area contributed by atoms with Crippen molar-refractivity contribution >= 4 is 0 Å². The van der Waals surface area contributed by atoms with Gasteiger partial charge in [0, 0.05) is 0 Å². The number of aryl methyl sites for hydroxylation is 1. The molecule has 2 rings (SSSR count). The molecule has 0 aliphatic carbocycles. The molecule has 0 atom stereocenters. The first kappa shape index (κ1) is 22.1. The third-order valence-electron chi connectivity index (χ3n) is 4.44. The van der Waals surface area contributed by atoms with Crippen molar-refractivity contribution in [2.24, 2.45) is 0 Å². The normalized spacial score (nSPS) is 11.7. The molecular formula is C24H36O2. The number of phenols is 2. The lowest BCUT2D eigenvalue weighted by Gasteiger charge is -2.26. The first-order valence-electron chi connectivity index (χ1n) is 9.58. The van der Waals surface area contributed by atoms with Gasteiger partial charge in [0.2, 0.25) is 0 Å². The van der Waals surface area contributed by atoms with Crippen LogP contribution >= 0.6 is 0 Å². The number of rotatable bonds is 3. The molecule has 2 aromatic carbocycles. The smallest absolute Gasteiger partial charge is 0.123 e. The van der Waals surface area contributed by atoms with Crippen LogP contribution in [0.15, 0.2) is 42.5 Å². The van der Waals surface area contributed by atoms with Crippen molar-refractivity contribution in [2.45, 2.75) is 78.6 Å². The van der Waals surface area contributed by atoms with Crippen LogP contribution in [0.1, 0.15) is 78.0 Å². The summed E-state index contributed by atoms with van der Waals surface area (Å²) in [6.07, 6.45) is 3.31. The van der Waals surface area contributed by atoms with Crippen LogP contribution in [0.25, 0.3) is 0 Å². The lowest BCUT2D eigenvalue weighted by atomic mass is 9.80. The molecule has 0 unspecified atom stereocenters. The standard InChI is InChI=1S/C14H22O.C10H14O/c1-13(2,3)10-8-7-9-11(12(10)15)14(4,5)6;1-2-3-6-9-7-4-5-8-10(9)11/h7-9,15H,1-6H3;4-5,7-8,11H,2-3,6H2,1H3. The average Bonchev–Trinajstić information content (AvgIpc) is 2.53. The molecule has 0 saturated carbocycles. The summed E-state index contributed by atoms with van der Waals surface area (Å²) in [5, 5.41) is 19.6. The third kappa shape index (κ3) is 6.40. The molecule has 0 saturated heterocycles. The predicted molar refractivity (Wildman–Crippen MR) is 112 cm³/mol. The molecule has 2 nitrogen and oxygen atoms in total. The number of phenolic OH excluding ortho intramolecular Hbond substituents is 2. The second kappa shape index (κ2) is 9.12. The van der Waals surface area contributed by atoms with Crippen molar-refractivity contribution in [1.29, 1.82) is 0 Å². The highest BCUT2D eigenvalue weighted by molar-refractivity contribution is 5.46. The maximum Gasteiger partial charge on any atom is 0.123 e. The number of aromatic hydroxyl groups is 2. The Balaban J connectivity index is 0.000000273. The van der Waals surface area contributed by atoms with Crippen molar-refractivity contribution in [1.82, 2.24) is 0 Å². The van der Waals surface area contributed by atoms with Gasteiger partial charge in [0.15, 0.2) is 0 Å². The van der Waals surface area contributed by atoms with Crippen molar-refractivity contribution < 1.29 is 10.2 Å². The second-order valence-corrected chi connectivity index (χ2v) is 8.93. The highest BCUT2D eigenvalue weighted by atomic mass is 16.3. The molecule has 0 spiro atoms. The van der Waals surface area contributed by atoms with Crippen molar-refractivity contribution in [3.05, 3.63) is 59.2 Å². The Morgan fingerprint density at radius 2 is 1.23 bits per heavy atom. The largest absolute Gasteiger partial charge is 0.508 e. The Morgan fingerprint density at radius 1 is 0.731 bits per heavy atom. The van der Waals surface area contributed by atoms with Crippen LogP contribution in [0.3, 0.4) is 0 Å². The third-order valence-corrected chi connectivity index (χ3v) is 4.44. The number of hydrogen-bond donors (Lipinski definition) is 2. The van der Waals surface area contributed by atoms with Gasteiger partial charge in [0.1, 0.15) is 11.5 Å². The van der Waals surface area contributed by atoms with Gasteiger partial charge in [-0.05, 0) is 46.4 Å². The molecule has 0 fully saturated rings. The Hall–Kier alpha value is -1.96. The summed E-state index contributed by atoms with van der Waals surface area (Å²) in [4.78, 5) is 0. The minimum absolute atomic E-state index is 0.00859. The van der Waals surface area contributed by atoms with Gasteiger partial charge in [0.05, 0.1) is 0 Å².